The Morgan fingerprint density at radius 2 is 0.897 bits per heavy atom. The maximum absolute atomic E-state index is 12.1. The second-order valence-corrected chi connectivity index (χ2v) is 11.9. The minimum absolute atomic E-state index is 0.0801. The Hall–Kier alpha value is -0.900. The average Bonchev–Trinajstić information content (AvgIpc) is 2.86. The van der Waals surface area contributed by atoms with Crippen LogP contribution in [0.3, 0.4) is 0 Å². The molecule has 0 aliphatic rings. The van der Waals surface area contributed by atoms with Crippen LogP contribution >= 0.6 is 0 Å². The largest absolute Gasteiger partial charge is 0.380 e. The molecule has 8 nitrogen and oxygen atoms in total. The standard InChI is InChI=1S/C31H64N4O4/c1-26(22-38-24-28(3)32)12-8-14-30(36)16-10-20-34-18-6-5-7-19-35-21-11-17-31(37)15-9-13-27(2)23-39-25-29(4)33/h26-29,34-35H,5-25,32-33H2,1-4H3. The molecule has 0 saturated heterocycles. The van der Waals surface area contributed by atoms with Crippen molar-refractivity contribution in [3.05, 3.63) is 0 Å². The van der Waals surface area contributed by atoms with Crippen molar-refractivity contribution >= 4 is 11.6 Å². The molecule has 0 radical (unpaired) electrons. The van der Waals surface area contributed by atoms with Gasteiger partial charge in [0.25, 0.3) is 0 Å². The summed E-state index contributed by atoms with van der Waals surface area (Å²) in [5.74, 6) is 1.71. The molecular weight excluding hydrogens is 492 g/mol. The summed E-state index contributed by atoms with van der Waals surface area (Å²) in [4.78, 5) is 24.1. The molecule has 39 heavy (non-hydrogen) atoms. The van der Waals surface area contributed by atoms with Gasteiger partial charge >= 0.3 is 0 Å². The molecule has 0 aliphatic carbocycles. The monoisotopic (exact) mass is 556 g/mol. The summed E-state index contributed by atoms with van der Waals surface area (Å²) in [5, 5.41) is 6.92. The summed E-state index contributed by atoms with van der Waals surface area (Å²) in [7, 11) is 0. The van der Waals surface area contributed by atoms with Crippen molar-refractivity contribution in [1.29, 1.82) is 0 Å². The first-order chi connectivity index (χ1) is 18.7. The Labute approximate surface area is 240 Å². The number of ketones is 2. The van der Waals surface area contributed by atoms with E-state index in [1.165, 1.54) is 6.42 Å². The van der Waals surface area contributed by atoms with Crippen molar-refractivity contribution in [3.63, 3.8) is 0 Å². The van der Waals surface area contributed by atoms with E-state index in [-0.39, 0.29) is 12.1 Å². The zero-order chi connectivity index (χ0) is 29.1. The summed E-state index contributed by atoms with van der Waals surface area (Å²) in [6, 6.07) is 0.160. The second-order valence-electron chi connectivity index (χ2n) is 11.9. The summed E-state index contributed by atoms with van der Waals surface area (Å²) < 4.78 is 11.1. The van der Waals surface area contributed by atoms with Crippen LogP contribution in [0.4, 0.5) is 0 Å². The van der Waals surface area contributed by atoms with Gasteiger partial charge in [-0.1, -0.05) is 20.3 Å². The van der Waals surface area contributed by atoms with Crippen LogP contribution in [-0.2, 0) is 19.1 Å². The van der Waals surface area contributed by atoms with Crippen molar-refractivity contribution < 1.29 is 19.1 Å². The lowest BCUT2D eigenvalue weighted by Gasteiger charge is -2.13. The van der Waals surface area contributed by atoms with Gasteiger partial charge in [0, 0.05) is 51.0 Å². The van der Waals surface area contributed by atoms with E-state index in [1.807, 2.05) is 13.8 Å². The lowest BCUT2D eigenvalue weighted by Crippen LogP contribution is -2.23. The number of hydrogen-bond donors (Lipinski definition) is 4. The second kappa shape index (κ2) is 27.3. The molecule has 0 fully saturated rings. The van der Waals surface area contributed by atoms with E-state index in [2.05, 4.69) is 24.5 Å². The third-order valence-corrected chi connectivity index (χ3v) is 6.70. The first-order valence-corrected chi connectivity index (χ1v) is 15.8. The highest BCUT2D eigenvalue weighted by Crippen LogP contribution is 2.11. The zero-order valence-corrected chi connectivity index (χ0v) is 25.9. The lowest BCUT2D eigenvalue weighted by molar-refractivity contribution is -0.120. The van der Waals surface area contributed by atoms with Crippen LogP contribution in [0.1, 0.15) is 111 Å². The summed E-state index contributed by atoms with van der Waals surface area (Å²) in [6.07, 6.45) is 12.0. The Bertz CT molecular complexity index is 527. The molecule has 0 saturated carbocycles. The summed E-state index contributed by atoms with van der Waals surface area (Å²) in [6.45, 7) is 14.7. The maximum atomic E-state index is 12.1. The van der Waals surface area contributed by atoms with Gasteiger partial charge in [0.15, 0.2) is 0 Å². The molecule has 4 atom stereocenters. The Balaban J connectivity index is 3.36. The van der Waals surface area contributed by atoms with Gasteiger partial charge in [0.2, 0.25) is 0 Å². The molecule has 0 amide bonds. The van der Waals surface area contributed by atoms with Crippen LogP contribution in [0.25, 0.3) is 0 Å². The fourth-order valence-electron chi connectivity index (χ4n) is 4.37. The molecule has 0 heterocycles. The molecule has 0 aromatic heterocycles. The molecule has 0 aromatic carbocycles. The number of ether oxygens (including phenoxy) is 2. The Morgan fingerprint density at radius 3 is 1.28 bits per heavy atom. The van der Waals surface area contributed by atoms with Gasteiger partial charge in [-0.15, -0.1) is 0 Å². The fraction of sp³-hybridized carbons (Fsp3) is 0.935. The number of carbonyl (C=O) groups excluding carboxylic acids is 2. The van der Waals surface area contributed by atoms with Crippen LogP contribution in [-0.4, -0.2) is 76.3 Å². The SMILES string of the molecule is CC(N)COCC(C)CCCC(=O)CCCNCCCCCNCCCC(=O)CCCC(C)COCC(C)N. The molecule has 0 rings (SSSR count). The van der Waals surface area contributed by atoms with E-state index in [9.17, 15) is 9.59 Å². The first kappa shape index (κ1) is 38.1. The highest BCUT2D eigenvalue weighted by molar-refractivity contribution is 5.78. The molecule has 0 spiro atoms. The highest BCUT2D eigenvalue weighted by Gasteiger charge is 2.08. The number of nitrogens with one attached hydrogen (secondary N) is 2. The van der Waals surface area contributed by atoms with Crippen LogP contribution in [0.5, 0.6) is 0 Å². The molecule has 232 valence electrons. The lowest BCUT2D eigenvalue weighted by atomic mass is 10.0. The predicted octanol–water partition coefficient (Wildman–Crippen LogP) is 4.37. The molecule has 6 N–H and O–H groups in total. The first-order valence-electron chi connectivity index (χ1n) is 15.8. The number of rotatable bonds is 30. The van der Waals surface area contributed by atoms with E-state index in [0.717, 1.165) is 90.8 Å². The van der Waals surface area contributed by atoms with Crippen LogP contribution < -0.4 is 22.1 Å². The molecule has 0 aromatic rings. The third kappa shape index (κ3) is 29.9. The van der Waals surface area contributed by atoms with Gasteiger partial charge in [-0.2, -0.15) is 0 Å². The van der Waals surface area contributed by atoms with Crippen LogP contribution in [0.15, 0.2) is 0 Å². The summed E-state index contributed by atoms with van der Waals surface area (Å²) in [5.41, 5.74) is 11.4. The number of nitrogens with two attached hydrogens (primary N) is 2. The van der Waals surface area contributed by atoms with Gasteiger partial charge in [-0.05, 0) is 103 Å². The molecule has 0 aliphatic heterocycles. The normalized spacial score (nSPS) is 14.7. The number of Topliss-reactive ketones (excluding diaryl/α,β-unsaturated/α-hetero) is 2. The number of unbranched alkanes of at least 4 members (excludes halogenated alkanes) is 2. The zero-order valence-electron chi connectivity index (χ0n) is 25.9. The van der Waals surface area contributed by atoms with Crippen molar-refractivity contribution in [2.75, 3.05) is 52.6 Å². The quantitative estimate of drug-likeness (QED) is 0.0960. The smallest absolute Gasteiger partial charge is 0.132 e. The molecule has 0 bridgehead atoms. The van der Waals surface area contributed by atoms with Gasteiger partial charge in [-0.3, -0.25) is 9.59 Å². The van der Waals surface area contributed by atoms with E-state index in [0.29, 0.717) is 62.3 Å². The number of carbonyl (C=O) groups is 2. The van der Waals surface area contributed by atoms with E-state index in [1.54, 1.807) is 0 Å². The minimum atomic E-state index is 0.0801. The van der Waals surface area contributed by atoms with Crippen LogP contribution in [0, 0.1) is 11.8 Å². The molecule has 4 unspecified atom stereocenters. The van der Waals surface area contributed by atoms with Gasteiger partial charge in [-0.25, -0.2) is 0 Å². The topological polar surface area (TPSA) is 129 Å². The van der Waals surface area contributed by atoms with Crippen LogP contribution in [0.2, 0.25) is 0 Å². The Morgan fingerprint density at radius 1 is 0.538 bits per heavy atom. The predicted molar refractivity (Wildman–Crippen MR) is 163 cm³/mol. The average molecular weight is 557 g/mol. The van der Waals surface area contributed by atoms with Crippen molar-refractivity contribution in [2.45, 2.75) is 123 Å². The number of hydrogen-bond acceptors (Lipinski definition) is 8. The van der Waals surface area contributed by atoms with E-state index >= 15 is 0 Å². The minimum Gasteiger partial charge on any atom is -0.380 e. The van der Waals surface area contributed by atoms with E-state index < -0.39 is 0 Å². The fourth-order valence-corrected chi connectivity index (χ4v) is 4.37. The van der Waals surface area contributed by atoms with Gasteiger partial charge < -0.3 is 31.6 Å². The van der Waals surface area contributed by atoms with Crippen molar-refractivity contribution in [3.8, 4) is 0 Å². The maximum Gasteiger partial charge on any atom is 0.132 e. The Kier molecular flexibility index (Phi) is 26.6. The third-order valence-electron chi connectivity index (χ3n) is 6.70. The highest BCUT2D eigenvalue weighted by atomic mass is 16.5. The molecular formula is C31H64N4O4. The van der Waals surface area contributed by atoms with Crippen molar-refractivity contribution in [2.24, 2.45) is 23.3 Å². The van der Waals surface area contributed by atoms with Crippen molar-refractivity contribution in [1.82, 2.24) is 10.6 Å². The van der Waals surface area contributed by atoms with E-state index in [4.69, 9.17) is 20.9 Å². The summed E-state index contributed by atoms with van der Waals surface area (Å²) >= 11 is 0. The molecule has 8 heteroatoms. The van der Waals surface area contributed by atoms with Gasteiger partial charge in [0.05, 0.1) is 13.2 Å². The van der Waals surface area contributed by atoms with Gasteiger partial charge in [0.1, 0.15) is 11.6 Å².